The fourth-order valence-corrected chi connectivity index (χ4v) is 2.33. The van der Waals surface area contributed by atoms with Gasteiger partial charge in [-0.15, -0.1) is 0 Å². The van der Waals surface area contributed by atoms with Crippen molar-refractivity contribution in [2.24, 2.45) is 0 Å². The Hall–Kier alpha value is -1.08. The molecule has 1 aromatic rings. The van der Waals surface area contributed by atoms with Gasteiger partial charge < -0.3 is 10.4 Å². The summed E-state index contributed by atoms with van der Waals surface area (Å²) < 4.78 is 38.6. The van der Waals surface area contributed by atoms with Crippen LogP contribution in [-0.4, -0.2) is 33.6 Å². The first-order valence-corrected chi connectivity index (χ1v) is 6.42. The summed E-state index contributed by atoms with van der Waals surface area (Å²) in [4.78, 5) is 0. The number of alkyl halides is 3. The Morgan fingerprint density at radius 2 is 2.21 bits per heavy atom. The summed E-state index contributed by atoms with van der Waals surface area (Å²) in [6.45, 7) is 0.214. The quantitative estimate of drug-likeness (QED) is 0.699. The molecule has 7 heteroatoms. The van der Waals surface area contributed by atoms with Crippen LogP contribution in [0.4, 0.5) is 13.2 Å². The van der Waals surface area contributed by atoms with Crippen LogP contribution in [0.5, 0.6) is 0 Å². The average Bonchev–Trinajstić information content (AvgIpc) is 2.78. The number of nitrogens with one attached hydrogen (secondary N) is 2. The Bertz CT molecular complexity index is 387. The van der Waals surface area contributed by atoms with Gasteiger partial charge in [0.05, 0.1) is 11.3 Å². The third-order valence-corrected chi connectivity index (χ3v) is 3.61. The van der Waals surface area contributed by atoms with E-state index in [1.54, 1.807) is 0 Å². The number of H-pyrrole nitrogens is 1. The molecule has 1 heterocycles. The van der Waals surface area contributed by atoms with Crippen LogP contribution in [0.1, 0.15) is 43.8 Å². The second-order valence-electron chi connectivity index (χ2n) is 5.12. The fraction of sp³-hybridized carbons (Fsp3) is 0.750. The van der Waals surface area contributed by atoms with Crippen LogP contribution in [0.2, 0.25) is 0 Å². The van der Waals surface area contributed by atoms with Crippen LogP contribution in [0.25, 0.3) is 0 Å². The molecule has 4 nitrogen and oxygen atoms in total. The maximum atomic E-state index is 12.9. The predicted molar refractivity (Wildman–Crippen MR) is 63.4 cm³/mol. The molecule has 0 amide bonds. The minimum absolute atomic E-state index is 0.00913. The summed E-state index contributed by atoms with van der Waals surface area (Å²) in [5, 5.41) is 18.2. The Kier molecular flexibility index (Phi) is 4.15. The molecule has 0 aromatic carbocycles. The highest BCUT2D eigenvalue weighted by atomic mass is 19.4. The van der Waals surface area contributed by atoms with E-state index in [4.69, 9.17) is 0 Å². The lowest BCUT2D eigenvalue weighted by molar-refractivity contribution is -0.158. The average molecular weight is 277 g/mol. The molecule has 1 aliphatic rings. The molecule has 1 unspecified atom stereocenters. The van der Waals surface area contributed by atoms with Gasteiger partial charge in [-0.25, -0.2) is 0 Å². The highest BCUT2D eigenvalue weighted by Gasteiger charge is 2.41. The molecular formula is C12H18F3N3O. The van der Waals surface area contributed by atoms with Crippen LogP contribution in [-0.2, 0) is 0 Å². The number of hydrogen-bond donors (Lipinski definition) is 3. The summed E-state index contributed by atoms with van der Waals surface area (Å²) >= 11 is 0. The van der Waals surface area contributed by atoms with Gasteiger partial charge in [0.15, 0.2) is 0 Å². The molecule has 0 radical (unpaired) electrons. The van der Waals surface area contributed by atoms with Crippen LogP contribution in [0, 0.1) is 0 Å². The summed E-state index contributed by atoms with van der Waals surface area (Å²) in [7, 11) is 0. The smallest absolute Gasteiger partial charge is 0.390 e. The topological polar surface area (TPSA) is 60.9 Å². The zero-order valence-corrected chi connectivity index (χ0v) is 10.5. The van der Waals surface area contributed by atoms with Crippen molar-refractivity contribution in [1.82, 2.24) is 15.5 Å². The van der Waals surface area contributed by atoms with Gasteiger partial charge >= 0.3 is 6.18 Å². The molecule has 1 aromatic heterocycles. The molecule has 1 saturated carbocycles. The Morgan fingerprint density at radius 3 is 2.68 bits per heavy atom. The Balaban J connectivity index is 1.81. The molecule has 3 N–H and O–H groups in total. The van der Waals surface area contributed by atoms with Gasteiger partial charge in [-0.1, -0.05) is 0 Å². The van der Waals surface area contributed by atoms with E-state index in [1.807, 2.05) is 0 Å². The lowest BCUT2D eigenvalue weighted by atomic mass is 9.77. The second kappa shape index (κ2) is 5.50. The molecule has 1 aliphatic carbocycles. The van der Waals surface area contributed by atoms with Gasteiger partial charge in [-0.2, -0.15) is 18.3 Å². The molecule has 0 spiro atoms. The van der Waals surface area contributed by atoms with E-state index in [0.29, 0.717) is 12.8 Å². The standard InChI is InChI=1S/C12H18F3N3O/c13-12(14,15)10(9-3-8-17-18-9)16-7-2-6-11(19)4-1-5-11/h3,8,10,16,19H,1-2,4-7H2,(H,17,18). The fourth-order valence-electron chi connectivity index (χ4n) is 2.33. The van der Waals surface area contributed by atoms with Gasteiger partial charge in [0.25, 0.3) is 0 Å². The summed E-state index contributed by atoms with van der Waals surface area (Å²) in [5.74, 6) is 0. The number of rotatable bonds is 6. The molecule has 19 heavy (non-hydrogen) atoms. The van der Waals surface area contributed by atoms with Crippen molar-refractivity contribution < 1.29 is 18.3 Å². The lowest BCUT2D eigenvalue weighted by Crippen LogP contribution is -2.39. The van der Waals surface area contributed by atoms with Gasteiger partial charge in [-0.3, -0.25) is 5.10 Å². The van der Waals surface area contributed by atoms with Crippen molar-refractivity contribution in [1.29, 1.82) is 0 Å². The van der Waals surface area contributed by atoms with E-state index in [2.05, 4.69) is 15.5 Å². The first kappa shape index (κ1) is 14.3. The molecule has 2 rings (SSSR count). The van der Waals surface area contributed by atoms with E-state index < -0.39 is 17.8 Å². The number of aromatic nitrogens is 2. The number of aliphatic hydroxyl groups is 1. The highest BCUT2D eigenvalue weighted by molar-refractivity contribution is 5.07. The summed E-state index contributed by atoms with van der Waals surface area (Å²) in [6.07, 6.45) is 0.535. The molecule has 0 aliphatic heterocycles. The van der Waals surface area contributed by atoms with Crippen molar-refractivity contribution in [3.63, 3.8) is 0 Å². The number of aromatic amines is 1. The highest BCUT2D eigenvalue weighted by Crippen LogP contribution is 2.36. The monoisotopic (exact) mass is 277 g/mol. The second-order valence-corrected chi connectivity index (χ2v) is 5.12. The third-order valence-electron chi connectivity index (χ3n) is 3.61. The zero-order valence-electron chi connectivity index (χ0n) is 10.5. The minimum Gasteiger partial charge on any atom is -0.390 e. The molecular weight excluding hydrogens is 259 g/mol. The Labute approximate surface area is 109 Å². The first-order chi connectivity index (χ1) is 8.91. The van der Waals surface area contributed by atoms with Crippen LogP contribution in [0.15, 0.2) is 12.3 Å². The van der Waals surface area contributed by atoms with E-state index >= 15 is 0 Å². The molecule has 108 valence electrons. The van der Waals surface area contributed by atoms with E-state index in [9.17, 15) is 18.3 Å². The van der Waals surface area contributed by atoms with Crippen LogP contribution in [0.3, 0.4) is 0 Å². The zero-order chi connectivity index (χ0) is 13.9. The van der Waals surface area contributed by atoms with Crippen molar-refractivity contribution in [3.8, 4) is 0 Å². The molecule has 1 fully saturated rings. The largest absolute Gasteiger partial charge is 0.409 e. The van der Waals surface area contributed by atoms with Crippen LogP contribution < -0.4 is 5.32 Å². The van der Waals surface area contributed by atoms with E-state index in [1.165, 1.54) is 12.3 Å². The lowest BCUT2D eigenvalue weighted by Gasteiger charge is -2.36. The molecule has 0 bridgehead atoms. The summed E-state index contributed by atoms with van der Waals surface area (Å²) in [5.41, 5.74) is -0.626. The van der Waals surface area contributed by atoms with Gasteiger partial charge in [0.1, 0.15) is 6.04 Å². The maximum absolute atomic E-state index is 12.9. The van der Waals surface area contributed by atoms with Crippen LogP contribution >= 0.6 is 0 Å². The molecule has 0 saturated heterocycles. The van der Waals surface area contributed by atoms with Gasteiger partial charge in [0.2, 0.25) is 0 Å². The number of hydrogen-bond acceptors (Lipinski definition) is 3. The Morgan fingerprint density at radius 1 is 1.47 bits per heavy atom. The van der Waals surface area contributed by atoms with Gasteiger partial charge in [-0.05, 0) is 44.7 Å². The predicted octanol–water partition coefficient (Wildman–Crippen LogP) is 2.30. The van der Waals surface area contributed by atoms with E-state index in [0.717, 1.165) is 19.3 Å². The number of nitrogens with zero attached hydrogens (tertiary/aromatic N) is 1. The SMILES string of the molecule is OC1(CCCNC(c2ccn[nH]2)C(F)(F)F)CCC1. The van der Waals surface area contributed by atoms with Crippen molar-refractivity contribution in [2.45, 2.75) is 49.9 Å². The van der Waals surface area contributed by atoms with E-state index in [-0.39, 0.29) is 12.2 Å². The van der Waals surface area contributed by atoms with Crippen molar-refractivity contribution >= 4 is 0 Å². The number of halogens is 3. The first-order valence-electron chi connectivity index (χ1n) is 6.42. The normalized spacial score (nSPS) is 20.0. The third kappa shape index (κ3) is 3.70. The van der Waals surface area contributed by atoms with Gasteiger partial charge in [0, 0.05) is 6.20 Å². The van der Waals surface area contributed by atoms with Crippen molar-refractivity contribution in [3.05, 3.63) is 18.0 Å². The minimum atomic E-state index is -4.36. The molecule has 1 atom stereocenters. The summed E-state index contributed by atoms with van der Waals surface area (Å²) in [6, 6.07) is -0.420. The van der Waals surface area contributed by atoms with Crippen molar-refractivity contribution in [2.75, 3.05) is 6.54 Å². The maximum Gasteiger partial charge on any atom is 0.409 e.